The van der Waals surface area contributed by atoms with Gasteiger partial charge < -0.3 is 0 Å². The van der Waals surface area contributed by atoms with Crippen molar-refractivity contribution < 1.29 is 4.79 Å². The van der Waals surface area contributed by atoms with E-state index in [2.05, 4.69) is 57.9 Å². The molecule has 1 saturated carbocycles. The number of rotatable bonds is 7. The van der Waals surface area contributed by atoms with Crippen LogP contribution in [0.25, 0.3) is 22.5 Å². The summed E-state index contributed by atoms with van der Waals surface area (Å²) < 4.78 is 0. The molecule has 0 bridgehead atoms. The van der Waals surface area contributed by atoms with E-state index >= 15 is 0 Å². The maximum absolute atomic E-state index is 13.2. The minimum atomic E-state index is -0.126. The van der Waals surface area contributed by atoms with Crippen molar-refractivity contribution in [3.63, 3.8) is 0 Å². The molecule has 0 atom stereocenters. The Morgan fingerprint density at radius 1 is 1.03 bits per heavy atom. The second-order valence-corrected chi connectivity index (χ2v) is 9.20. The van der Waals surface area contributed by atoms with Crippen LogP contribution in [0.5, 0.6) is 0 Å². The molecule has 1 amide bonds. The number of hydrogen-bond acceptors (Lipinski definition) is 5. The Balaban J connectivity index is 1.39. The highest BCUT2D eigenvalue weighted by molar-refractivity contribution is 6.01. The van der Waals surface area contributed by atoms with Gasteiger partial charge in [-0.3, -0.25) is 14.7 Å². The van der Waals surface area contributed by atoms with Gasteiger partial charge in [-0.25, -0.2) is 0 Å². The van der Waals surface area contributed by atoms with Gasteiger partial charge in [-0.15, -0.1) is 10.2 Å². The summed E-state index contributed by atoms with van der Waals surface area (Å²) in [4.78, 5) is 20.3. The number of hydrogen-bond donors (Lipinski definition) is 1. The van der Waals surface area contributed by atoms with Crippen LogP contribution >= 0.6 is 0 Å². The number of benzene rings is 2. The van der Waals surface area contributed by atoms with E-state index in [1.165, 1.54) is 12.8 Å². The first-order valence-electron chi connectivity index (χ1n) is 12.0. The van der Waals surface area contributed by atoms with Gasteiger partial charge in [0.25, 0.3) is 0 Å². The molecule has 5 rings (SSSR count). The Morgan fingerprint density at radius 2 is 1.79 bits per heavy atom. The third kappa shape index (κ3) is 4.45. The Kier molecular flexibility index (Phi) is 6.03. The Labute approximate surface area is 194 Å². The quantitative estimate of drug-likeness (QED) is 0.547. The number of carbonyl (C=O) groups is 1. The minimum absolute atomic E-state index is 0.126. The first-order chi connectivity index (χ1) is 16.2. The van der Waals surface area contributed by atoms with E-state index in [9.17, 15) is 4.79 Å². The number of aliphatic imine (C=N–C) groups is 1. The largest absolute Gasteiger partial charge is 0.296 e. The number of aromatic amines is 1. The van der Waals surface area contributed by atoms with Crippen molar-refractivity contribution in [1.82, 2.24) is 25.5 Å². The molecule has 3 aromatic rings. The monoisotopic (exact) mass is 442 g/mol. The lowest BCUT2D eigenvalue weighted by molar-refractivity contribution is -0.130. The summed E-state index contributed by atoms with van der Waals surface area (Å²) in [7, 11) is 0. The van der Waals surface area contributed by atoms with Gasteiger partial charge >= 0.3 is 0 Å². The zero-order valence-corrected chi connectivity index (χ0v) is 19.1. The Morgan fingerprint density at radius 3 is 2.48 bits per heavy atom. The number of nitrogens with zero attached hydrogens (tertiary/aromatic N) is 5. The third-order valence-corrected chi connectivity index (χ3v) is 6.87. The number of amidine groups is 1. The van der Waals surface area contributed by atoms with Gasteiger partial charge in [-0.05, 0) is 41.2 Å². The molecule has 7 heteroatoms. The lowest BCUT2D eigenvalue weighted by Gasteiger charge is -2.37. The van der Waals surface area contributed by atoms with Crippen LogP contribution in [0.4, 0.5) is 0 Å². The van der Waals surface area contributed by atoms with Crippen molar-refractivity contribution >= 4 is 11.7 Å². The van der Waals surface area contributed by atoms with Gasteiger partial charge in [0.2, 0.25) is 11.7 Å². The van der Waals surface area contributed by atoms with Gasteiger partial charge in [0.05, 0.1) is 18.5 Å². The van der Waals surface area contributed by atoms with E-state index in [0.717, 1.165) is 60.2 Å². The van der Waals surface area contributed by atoms with Gasteiger partial charge in [0.1, 0.15) is 5.84 Å². The molecule has 170 valence electrons. The van der Waals surface area contributed by atoms with Gasteiger partial charge in [0.15, 0.2) is 0 Å². The fraction of sp³-hybridized carbons (Fsp3) is 0.423. The molecule has 1 N–H and O–H groups in total. The topological polar surface area (TPSA) is 87.1 Å². The van der Waals surface area contributed by atoms with Crippen molar-refractivity contribution in [3.8, 4) is 22.5 Å². The molecule has 0 radical (unpaired) electrons. The molecule has 1 aromatic heterocycles. The number of H-pyrrole nitrogens is 1. The highest BCUT2D eigenvalue weighted by Gasteiger charge is 2.41. The average molecular weight is 443 g/mol. The first kappa shape index (κ1) is 21.5. The van der Waals surface area contributed by atoms with E-state index in [-0.39, 0.29) is 11.4 Å². The molecule has 1 spiro atoms. The minimum Gasteiger partial charge on any atom is -0.296 e. The molecule has 7 nitrogen and oxygen atoms in total. The van der Waals surface area contributed by atoms with E-state index in [1.807, 2.05) is 23.1 Å². The SMILES string of the molecule is CCCCC1=NC2(CCCC2)CC(=O)N1Cc1ccc(-c2ccccc2-c2nn[nH]n2)cc1. The normalized spacial score (nSPS) is 17.5. The molecular formula is C26H30N6O. The van der Waals surface area contributed by atoms with Crippen LogP contribution in [0.2, 0.25) is 0 Å². The summed E-state index contributed by atoms with van der Waals surface area (Å²) in [6.07, 6.45) is 8.06. The third-order valence-electron chi connectivity index (χ3n) is 6.87. The maximum Gasteiger partial charge on any atom is 0.230 e. The number of amides is 1. The molecule has 0 unspecified atom stereocenters. The molecule has 2 heterocycles. The predicted molar refractivity (Wildman–Crippen MR) is 128 cm³/mol. The second-order valence-electron chi connectivity index (χ2n) is 9.20. The summed E-state index contributed by atoms with van der Waals surface area (Å²) >= 11 is 0. The smallest absolute Gasteiger partial charge is 0.230 e. The Hall–Kier alpha value is -3.35. The summed E-state index contributed by atoms with van der Waals surface area (Å²) in [5, 5.41) is 14.5. The van der Waals surface area contributed by atoms with Gasteiger partial charge in [0, 0.05) is 12.0 Å². The summed E-state index contributed by atoms with van der Waals surface area (Å²) in [6.45, 7) is 2.76. The molecule has 1 fully saturated rings. The lowest BCUT2D eigenvalue weighted by atomic mass is 9.90. The summed E-state index contributed by atoms with van der Waals surface area (Å²) in [5.41, 5.74) is 4.04. The van der Waals surface area contributed by atoms with Crippen LogP contribution in [0.3, 0.4) is 0 Å². The molecule has 2 aliphatic rings. The van der Waals surface area contributed by atoms with Gasteiger partial charge in [-0.1, -0.05) is 74.7 Å². The molecule has 1 aliphatic heterocycles. The van der Waals surface area contributed by atoms with Crippen LogP contribution in [0.1, 0.15) is 63.9 Å². The van der Waals surface area contributed by atoms with Crippen LogP contribution in [-0.2, 0) is 11.3 Å². The van der Waals surface area contributed by atoms with E-state index in [1.54, 1.807) is 0 Å². The van der Waals surface area contributed by atoms with Crippen LogP contribution < -0.4 is 0 Å². The summed E-state index contributed by atoms with van der Waals surface area (Å²) in [5.74, 6) is 1.79. The highest BCUT2D eigenvalue weighted by Crippen LogP contribution is 2.40. The molecule has 33 heavy (non-hydrogen) atoms. The average Bonchev–Trinajstić information content (AvgIpc) is 3.53. The fourth-order valence-corrected chi connectivity index (χ4v) is 5.10. The highest BCUT2D eigenvalue weighted by atomic mass is 16.2. The predicted octanol–water partition coefficient (Wildman–Crippen LogP) is 5.17. The summed E-state index contributed by atoms with van der Waals surface area (Å²) in [6, 6.07) is 16.4. The van der Waals surface area contributed by atoms with Crippen molar-refractivity contribution in [2.24, 2.45) is 4.99 Å². The molecular weight excluding hydrogens is 412 g/mol. The molecule has 1 aliphatic carbocycles. The zero-order chi connectivity index (χ0) is 22.7. The standard InChI is InChI=1S/C26H30N6O/c1-2-3-10-23-27-26(15-6-7-16-26)17-24(33)32(23)18-19-11-13-20(14-12-19)21-8-4-5-9-22(21)25-28-30-31-29-25/h4-5,8-9,11-14H,2-3,6-7,10,15-18H2,1H3,(H,28,29,30,31). The maximum atomic E-state index is 13.2. The first-order valence-corrected chi connectivity index (χ1v) is 12.0. The molecule has 2 aromatic carbocycles. The van der Waals surface area contributed by atoms with Crippen molar-refractivity contribution in [2.45, 2.75) is 70.4 Å². The fourth-order valence-electron chi connectivity index (χ4n) is 5.10. The number of nitrogens with one attached hydrogen (secondary N) is 1. The Bertz CT molecular complexity index is 1130. The van der Waals surface area contributed by atoms with E-state index in [4.69, 9.17) is 4.99 Å². The van der Waals surface area contributed by atoms with Crippen molar-refractivity contribution in [3.05, 3.63) is 54.1 Å². The number of carbonyl (C=O) groups excluding carboxylic acids is 1. The van der Waals surface area contributed by atoms with E-state index in [0.29, 0.717) is 18.8 Å². The number of aromatic nitrogens is 4. The van der Waals surface area contributed by atoms with Crippen LogP contribution in [0.15, 0.2) is 53.5 Å². The zero-order valence-electron chi connectivity index (χ0n) is 19.1. The molecule has 0 saturated heterocycles. The lowest BCUT2D eigenvalue weighted by Crippen LogP contribution is -2.46. The second kappa shape index (κ2) is 9.25. The number of tetrazole rings is 1. The van der Waals surface area contributed by atoms with E-state index < -0.39 is 0 Å². The van der Waals surface area contributed by atoms with Crippen LogP contribution in [-0.4, -0.2) is 42.8 Å². The van der Waals surface area contributed by atoms with Crippen LogP contribution in [0, 0.1) is 0 Å². The van der Waals surface area contributed by atoms with Crippen molar-refractivity contribution in [2.75, 3.05) is 0 Å². The van der Waals surface area contributed by atoms with Crippen molar-refractivity contribution in [1.29, 1.82) is 0 Å². The number of unbranched alkanes of at least 4 members (excludes halogenated alkanes) is 1. The van der Waals surface area contributed by atoms with Gasteiger partial charge in [-0.2, -0.15) is 5.21 Å².